The Kier molecular flexibility index (Phi) is 3.68. The van der Waals surface area contributed by atoms with Crippen LogP contribution in [0.15, 0.2) is 34.8 Å². The van der Waals surface area contributed by atoms with Crippen LogP contribution in [0.4, 0.5) is 13.2 Å². The second-order valence-electron chi connectivity index (χ2n) is 2.73. The van der Waals surface area contributed by atoms with Crippen molar-refractivity contribution in [2.45, 2.75) is 6.18 Å². The molecule has 0 bridgehead atoms. The molecule has 0 spiro atoms. The second-order valence-corrected chi connectivity index (χ2v) is 3.58. The number of alkyl halides is 3. The SMILES string of the molecule is O=C(/C(Br)=C/c1ccccc1)C(F)(F)F. The number of carbonyl (C=O) groups is 1. The fourth-order valence-corrected chi connectivity index (χ4v) is 1.39. The lowest BCUT2D eigenvalue weighted by molar-refractivity contribution is -0.165. The maximum absolute atomic E-state index is 12.0. The fraction of sp³-hybridized carbons (Fsp3) is 0.100. The molecule has 0 fully saturated rings. The first-order valence-corrected chi connectivity index (χ1v) is 4.74. The van der Waals surface area contributed by atoms with Crippen molar-refractivity contribution in [1.82, 2.24) is 0 Å². The zero-order valence-corrected chi connectivity index (χ0v) is 8.97. The molecule has 1 nitrogen and oxygen atoms in total. The summed E-state index contributed by atoms with van der Waals surface area (Å²) in [6.07, 6.45) is -3.71. The highest BCUT2D eigenvalue weighted by molar-refractivity contribution is 9.12. The molecule has 80 valence electrons. The number of Topliss-reactive ketones (excluding diaryl/α,β-unsaturated/α-hetero) is 1. The summed E-state index contributed by atoms with van der Waals surface area (Å²) in [5, 5.41) is 0. The third-order valence-corrected chi connectivity index (χ3v) is 2.16. The number of ketones is 1. The topological polar surface area (TPSA) is 17.1 Å². The Bertz CT molecular complexity index is 381. The van der Waals surface area contributed by atoms with Crippen LogP contribution >= 0.6 is 15.9 Å². The van der Waals surface area contributed by atoms with Crippen molar-refractivity contribution in [3.8, 4) is 0 Å². The van der Waals surface area contributed by atoms with E-state index < -0.39 is 16.4 Å². The Morgan fingerprint density at radius 2 is 1.73 bits per heavy atom. The number of hydrogen-bond donors (Lipinski definition) is 0. The Hall–Kier alpha value is -1.10. The number of carbonyl (C=O) groups excluding carboxylic acids is 1. The monoisotopic (exact) mass is 278 g/mol. The Morgan fingerprint density at radius 1 is 1.20 bits per heavy atom. The van der Waals surface area contributed by atoms with Gasteiger partial charge in [0.15, 0.2) is 0 Å². The molecule has 0 aliphatic rings. The van der Waals surface area contributed by atoms with E-state index in [1.165, 1.54) is 0 Å². The molecule has 0 unspecified atom stereocenters. The molecule has 0 amide bonds. The van der Waals surface area contributed by atoms with E-state index in [2.05, 4.69) is 15.9 Å². The number of benzene rings is 1. The van der Waals surface area contributed by atoms with E-state index in [1.54, 1.807) is 30.3 Å². The summed E-state index contributed by atoms with van der Waals surface area (Å²) in [7, 11) is 0. The molecule has 0 atom stereocenters. The van der Waals surface area contributed by atoms with Crippen LogP contribution in [0.3, 0.4) is 0 Å². The highest BCUT2D eigenvalue weighted by Crippen LogP contribution is 2.25. The molecule has 0 aliphatic carbocycles. The van der Waals surface area contributed by atoms with Crippen LogP contribution in [0.25, 0.3) is 6.08 Å². The van der Waals surface area contributed by atoms with E-state index in [-0.39, 0.29) is 0 Å². The first-order chi connectivity index (χ1) is 6.91. The minimum Gasteiger partial charge on any atom is -0.283 e. The van der Waals surface area contributed by atoms with Crippen LogP contribution in [0.5, 0.6) is 0 Å². The zero-order valence-electron chi connectivity index (χ0n) is 7.38. The number of allylic oxidation sites excluding steroid dienone is 1. The molecule has 1 rings (SSSR count). The smallest absolute Gasteiger partial charge is 0.283 e. The molecule has 1 aromatic rings. The van der Waals surface area contributed by atoms with Gasteiger partial charge < -0.3 is 0 Å². The number of rotatable bonds is 2. The average molecular weight is 279 g/mol. The maximum atomic E-state index is 12.0. The van der Waals surface area contributed by atoms with Crippen molar-refractivity contribution in [2.75, 3.05) is 0 Å². The number of halogens is 4. The molecule has 0 aliphatic heterocycles. The molecule has 0 aromatic heterocycles. The molecule has 5 heteroatoms. The summed E-state index contributed by atoms with van der Waals surface area (Å²) in [6.45, 7) is 0. The lowest BCUT2D eigenvalue weighted by Gasteiger charge is -2.03. The van der Waals surface area contributed by atoms with Crippen LogP contribution in [0, 0.1) is 0 Å². The maximum Gasteiger partial charge on any atom is 0.455 e. The van der Waals surface area contributed by atoms with Gasteiger partial charge in [-0.1, -0.05) is 30.3 Å². The van der Waals surface area contributed by atoms with Gasteiger partial charge in [0, 0.05) is 0 Å². The first-order valence-electron chi connectivity index (χ1n) is 3.95. The van der Waals surface area contributed by atoms with E-state index in [1.807, 2.05) is 0 Å². The lowest BCUT2D eigenvalue weighted by atomic mass is 10.2. The quantitative estimate of drug-likeness (QED) is 0.756. The van der Waals surface area contributed by atoms with Gasteiger partial charge in [0.2, 0.25) is 0 Å². The third-order valence-electron chi connectivity index (χ3n) is 1.57. The summed E-state index contributed by atoms with van der Waals surface area (Å²) in [5.74, 6) is -1.88. The Labute approximate surface area is 92.7 Å². The van der Waals surface area contributed by atoms with Crippen molar-refractivity contribution in [1.29, 1.82) is 0 Å². The summed E-state index contributed by atoms with van der Waals surface area (Å²) >= 11 is 2.61. The van der Waals surface area contributed by atoms with E-state index >= 15 is 0 Å². The first kappa shape index (κ1) is 12.0. The Morgan fingerprint density at radius 3 is 2.20 bits per heavy atom. The van der Waals surface area contributed by atoms with Gasteiger partial charge in [0.25, 0.3) is 5.78 Å². The highest BCUT2D eigenvalue weighted by atomic mass is 79.9. The summed E-state index contributed by atoms with van der Waals surface area (Å²) in [6, 6.07) is 8.28. The van der Waals surface area contributed by atoms with Gasteiger partial charge >= 0.3 is 6.18 Å². The van der Waals surface area contributed by atoms with Gasteiger partial charge in [-0.15, -0.1) is 0 Å². The zero-order chi connectivity index (χ0) is 11.5. The summed E-state index contributed by atoms with van der Waals surface area (Å²) in [4.78, 5) is 10.7. The molecule has 0 saturated heterocycles. The molecule has 0 heterocycles. The molecule has 0 N–H and O–H groups in total. The van der Waals surface area contributed by atoms with E-state index in [0.29, 0.717) is 5.56 Å². The van der Waals surface area contributed by atoms with E-state index in [9.17, 15) is 18.0 Å². The van der Waals surface area contributed by atoms with Crippen molar-refractivity contribution >= 4 is 27.8 Å². The largest absolute Gasteiger partial charge is 0.455 e. The molecule has 0 radical (unpaired) electrons. The van der Waals surface area contributed by atoms with Crippen LogP contribution in [-0.4, -0.2) is 12.0 Å². The predicted molar refractivity (Wildman–Crippen MR) is 54.4 cm³/mol. The van der Waals surface area contributed by atoms with Crippen molar-refractivity contribution in [2.24, 2.45) is 0 Å². The van der Waals surface area contributed by atoms with Crippen LogP contribution in [0.2, 0.25) is 0 Å². The van der Waals surface area contributed by atoms with Gasteiger partial charge in [-0.3, -0.25) is 4.79 Å². The molecule has 1 aromatic carbocycles. The van der Waals surface area contributed by atoms with Crippen molar-refractivity contribution in [3.05, 3.63) is 40.4 Å². The molecular weight excluding hydrogens is 273 g/mol. The van der Waals surface area contributed by atoms with Gasteiger partial charge in [-0.05, 0) is 27.6 Å². The highest BCUT2D eigenvalue weighted by Gasteiger charge is 2.39. The van der Waals surface area contributed by atoms with Crippen LogP contribution < -0.4 is 0 Å². The van der Waals surface area contributed by atoms with Crippen molar-refractivity contribution < 1.29 is 18.0 Å². The lowest BCUT2D eigenvalue weighted by Crippen LogP contribution is -2.22. The fourth-order valence-electron chi connectivity index (χ4n) is 0.897. The van der Waals surface area contributed by atoms with E-state index in [4.69, 9.17) is 0 Å². The average Bonchev–Trinajstić information content (AvgIpc) is 2.16. The van der Waals surface area contributed by atoms with Crippen LogP contribution in [-0.2, 0) is 4.79 Å². The second kappa shape index (κ2) is 4.61. The minimum atomic E-state index is -4.84. The molecule has 15 heavy (non-hydrogen) atoms. The molecular formula is C10H6BrF3O. The molecule has 0 saturated carbocycles. The third kappa shape index (κ3) is 3.51. The van der Waals surface area contributed by atoms with Gasteiger partial charge in [-0.2, -0.15) is 13.2 Å². The van der Waals surface area contributed by atoms with Crippen LogP contribution in [0.1, 0.15) is 5.56 Å². The predicted octanol–water partition coefficient (Wildman–Crippen LogP) is 3.55. The van der Waals surface area contributed by atoms with Gasteiger partial charge in [0.05, 0.1) is 4.48 Å². The number of hydrogen-bond acceptors (Lipinski definition) is 1. The van der Waals surface area contributed by atoms with Gasteiger partial charge in [-0.25, -0.2) is 0 Å². The normalized spacial score (nSPS) is 12.7. The summed E-state index contributed by atoms with van der Waals surface area (Å²) < 4.78 is 35.4. The van der Waals surface area contributed by atoms with E-state index in [0.717, 1.165) is 6.08 Å². The summed E-state index contributed by atoms with van der Waals surface area (Å²) in [5.41, 5.74) is 0.530. The van der Waals surface area contributed by atoms with Crippen molar-refractivity contribution in [3.63, 3.8) is 0 Å². The standard InChI is InChI=1S/C10H6BrF3O/c11-8(9(15)10(12,13)14)6-7-4-2-1-3-5-7/h1-6H/b8-6-. The van der Waals surface area contributed by atoms with Gasteiger partial charge in [0.1, 0.15) is 0 Å². The Balaban J connectivity index is 2.91. The minimum absolute atomic E-state index is 0.499.